The van der Waals surface area contributed by atoms with Gasteiger partial charge in [-0.1, -0.05) is 54.1 Å². The third-order valence-electron chi connectivity index (χ3n) is 5.70. The second kappa shape index (κ2) is 9.14. The van der Waals surface area contributed by atoms with Crippen LogP contribution in [0.5, 0.6) is 5.75 Å². The van der Waals surface area contributed by atoms with Crippen LogP contribution in [0, 0.1) is 12.8 Å². The standard InChI is InChI=1S/C26H28N2O2/c1-19-5-2-7-22(15-19)21-10-12-24(13-11-21)27-26(30)23-8-4-14-28(18-23)17-20-6-3-9-25(29)16-20/h2-3,5-7,9-13,15-16,23,29H,4,8,14,17-18H2,1H3,(H,27,30). The lowest BCUT2D eigenvalue weighted by atomic mass is 9.96. The van der Waals surface area contributed by atoms with Gasteiger partial charge in [-0.2, -0.15) is 0 Å². The van der Waals surface area contributed by atoms with Crippen molar-refractivity contribution in [3.05, 3.63) is 83.9 Å². The second-order valence-corrected chi connectivity index (χ2v) is 8.18. The molecular weight excluding hydrogens is 372 g/mol. The molecule has 4 heteroatoms. The molecule has 1 amide bonds. The first-order valence-corrected chi connectivity index (χ1v) is 10.5. The van der Waals surface area contributed by atoms with Gasteiger partial charge in [-0.05, 0) is 67.3 Å². The summed E-state index contributed by atoms with van der Waals surface area (Å²) >= 11 is 0. The second-order valence-electron chi connectivity index (χ2n) is 8.18. The van der Waals surface area contributed by atoms with Crippen LogP contribution in [0.25, 0.3) is 11.1 Å². The van der Waals surface area contributed by atoms with Gasteiger partial charge in [0.2, 0.25) is 5.91 Å². The number of amides is 1. The van der Waals surface area contributed by atoms with Crippen LogP contribution in [-0.4, -0.2) is 29.0 Å². The number of anilines is 1. The summed E-state index contributed by atoms with van der Waals surface area (Å²) in [5.74, 6) is 0.347. The van der Waals surface area contributed by atoms with E-state index in [0.29, 0.717) is 0 Å². The molecule has 0 bridgehead atoms. The molecule has 0 aromatic heterocycles. The number of carbonyl (C=O) groups is 1. The lowest BCUT2D eigenvalue weighted by molar-refractivity contribution is -0.121. The molecule has 4 nitrogen and oxygen atoms in total. The van der Waals surface area contributed by atoms with Gasteiger partial charge in [0.05, 0.1) is 5.92 Å². The van der Waals surface area contributed by atoms with Crippen molar-refractivity contribution in [3.63, 3.8) is 0 Å². The van der Waals surface area contributed by atoms with E-state index in [-0.39, 0.29) is 17.6 Å². The number of phenols is 1. The number of likely N-dealkylation sites (tertiary alicyclic amines) is 1. The molecule has 1 fully saturated rings. The zero-order valence-corrected chi connectivity index (χ0v) is 17.3. The smallest absolute Gasteiger partial charge is 0.228 e. The third kappa shape index (κ3) is 5.08. The van der Waals surface area contributed by atoms with Gasteiger partial charge in [0, 0.05) is 18.8 Å². The van der Waals surface area contributed by atoms with Gasteiger partial charge >= 0.3 is 0 Å². The van der Waals surface area contributed by atoms with Crippen LogP contribution in [0.2, 0.25) is 0 Å². The summed E-state index contributed by atoms with van der Waals surface area (Å²) in [6, 6.07) is 23.8. The van der Waals surface area contributed by atoms with Crippen molar-refractivity contribution in [2.24, 2.45) is 5.92 Å². The Morgan fingerprint density at radius 3 is 2.60 bits per heavy atom. The van der Waals surface area contributed by atoms with E-state index in [9.17, 15) is 9.90 Å². The number of aryl methyl sites for hydroxylation is 1. The van der Waals surface area contributed by atoms with E-state index in [1.54, 1.807) is 12.1 Å². The van der Waals surface area contributed by atoms with Crippen LogP contribution in [-0.2, 0) is 11.3 Å². The summed E-state index contributed by atoms with van der Waals surface area (Å²) in [5.41, 5.74) is 5.47. The van der Waals surface area contributed by atoms with Gasteiger partial charge < -0.3 is 10.4 Å². The maximum atomic E-state index is 12.8. The molecule has 1 aliphatic heterocycles. The maximum absolute atomic E-state index is 12.8. The van der Waals surface area contributed by atoms with E-state index in [1.165, 1.54) is 11.1 Å². The fraction of sp³-hybridized carbons (Fsp3) is 0.269. The highest BCUT2D eigenvalue weighted by Crippen LogP contribution is 2.24. The first kappa shape index (κ1) is 20.2. The SMILES string of the molecule is Cc1cccc(-c2ccc(NC(=O)C3CCCN(Cc4cccc(O)c4)C3)cc2)c1. The summed E-state index contributed by atoms with van der Waals surface area (Å²) in [6.07, 6.45) is 1.91. The number of piperidine rings is 1. The van der Waals surface area contributed by atoms with Crippen LogP contribution in [0.1, 0.15) is 24.0 Å². The van der Waals surface area contributed by atoms with Gasteiger partial charge in [0.15, 0.2) is 0 Å². The van der Waals surface area contributed by atoms with E-state index < -0.39 is 0 Å². The van der Waals surface area contributed by atoms with Crippen LogP contribution in [0.4, 0.5) is 5.69 Å². The Balaban J connectivity index is 1.36. The Morgan fingerprint density at radius 1 is 1.03 bits per heavy atom. The van der Waals surface area contributed by atoms with Gasteiger partial charge in [-0.15, -0.1) is 0 Å². The molecule has 1 atom stereocenters. The van der Waals surface area contributed by atoms with Gasteiger partial charge in [-0.3, -0.25) is 9.69 Å². The first-order valence-electron chi connectivity index (χ1n) is 10.5. The average molecular weight is 401 g/mol. The number of carbonyl (C=O) groups excluding carboxylic acids is 1. The van der Waals surface area contributed by atoms with E-state index in [0.717, 1.165) is 49.3 Å². The predicted octanol–water partition coefficient (Wildman–Crippen LogP) is 5.22. The molecule has 1 aliphatic rings. The van der Waals surface area contributed by atoms with E-state index >= 15 is 0 Å². The molecule has 0 aliphatic carbocycles. The summed E-state index contributed by atoms with van der Waals surface area (Å²) in [5, 5.41) is 12.8. The molecule has 1 unspecified atom stereocenters. The number of nitrogens with one attached hydrogen (secondary N) is 1. The Bertz CT molecular complexity index is 1010. The molecule has 1 heterocycles. The molecule has 0 radical (unpaired) electrons. The Kier molecular flexibility index (Phi) is 6.15. The first-order chi connectivity index (χ1) is 14.6. The van der Waals surface area contributed by atoms with E-state index in [1.807, 2.05) is 24.3 Å². The predicted molar refractivity (Wildman–Crippen MR) is 121 cm³/mol. The van der Waals surface area contributed by atoms with Gasteiger partial charge in [0.25, 0.3) is 0 Å². The van der Waals surface area contributed by atoms with E-state index in [2.05, 4.69) is 53.5 Å². The molecule has 0 saturated carbocycles. The van der Waals surface area contributed by atoms with Crippen LogP contribution in [0.3, 0.4) is 0 Å². The number of nitrogens with zero attached hydrogens (tertiary/aromatic N) is 1. The van der Waals surface area contributed by atoms with Crippen LogP contribution in [0.15, 0.2) is 72.8 Å². The molecular formula is C26H28N2O2. The third-order valence-corrected chi connectivity index (χ3v) is 5.70. The van der Waals surface area contributed by atoms with Crippen molar-refractivity contribution in [2.75, 3.05) is 18.4 Å². The quantitative estimate of drug-likeness (QED) is 0.617. The average Bonchev–Trinajstić information content (AvgIpc) is 2.74. The number of aromatic hydroxyl groups is 1. The maximum Gasteiger partial charge on any atom is 0.228 e. The summed E-state index contributed by atoms with van der Waals surface area (Å²) in [4.78, 5) is 15.1. The minimum atomic E-state index is -0.0208. The molecule has 4 rings (SSSR count). The number of hydrogen-bond donors (Lipinski definition) is 2. The monoisotopic (exact) mass is 400 g/mol. The Labute approximate surface area is 178 Å². The molecule has 0 spiro atoms. The summed E-state index contributed by atoms with van der Waals surface area (Å²) in [7, 11) is 0. The zero-order chi connectivity index (χ0) is 20.9. The molecule has 2 N–H and O–H groups in total. The van der Waals surface area contributed by atoms with Crippen molar-refractivity contribution >= 4 is 11.6 Å². The van der Waals surface area contributed by atoms with E-state index in [4.69, 9.17) is 0 Å². The topological polar surface area (TPSA) is 52.6 Å². The van der Waals surface area contributed by atoms with Crippen molar-refractivity contribution < 1.29 is 9.90 Å². The van der Waals surface area contributed by atoms with Gasteiger partial charge in [-0.25, -0.2) is 0 Å². The minimum Gasteiger partial charge on any atom is -0.508 e. The lowest BCUT2D eigenvalue weighted by Crippen LogP contribution is -2.40. The summed E-state index contributed by atoms with van der Waals surface area (Å²) < 4.78 is 0. The largest absolute Gasteiger partial charge is 0.508 e. The highest BCUT2D eigenvalue weighted by Gasteiger charge is 2.26. The molecule has 3 aromatic rings. The Morgan fingerprint density at radius 2 is 1.83 bits per heavy atom. The number of hydrogen-bond acceptors (Lipinski definition) is 3. The zero-order valence-electron chi connectivity index (χ0n) is 17.3. The van der Waals surface area contributed by atoms with Crippen molar-refractivity contribution in [3.8, 4) is 16.9 Å². The fourth-order valence-corrected chi connectivity index (χ4v) is 4.14. The fourth-order valence-electron chi connectivity index (χ4n) is 4.14. The van der Waals surface area contributed by atoms with Crippen LogP contribution >= 0.6 is 0 Å². The van der Waals surface area contributed by atoms with Crippen molar-refractivity contribution in [2.45, 2.75) is 26.3 Å². The Hall–Kier alpha value is -3.11. The van der Waals surface area contributed by atoms with Crippen molar-refractivity contribution in [1.82, 2.24) is 4.90 Å². The van der Waals surface area contributed by atoms with Crippen molar-refractivity contribution in [1.29, 1.82) is 0 Å². The minimum absolute atomic E-state index is 0.0208. The highest BCUT2D eigenvalue weighted by molar-refractivity contribution is 5.93. The highest BCUT2D eigenvalue weighted by atomic mass is 16.3. The molecule has 30 heavy (non-hydrogen) atoms. The normalized spacial score (nSPS) is 16.9. The van der Waals surface area contributed by atoms with Crippen LogP contribution < -0.4 is 5.32 Å². The lowest BCUT2D eigenvalue weighted by Gasteiger charge is -2.32. The molecule has 3 aromatic carbocycles. The number of rotatable bonds is 5. The van der Waals surface area contributed by atoms with Gasteiger partial charge in [0.1, 0.15) is 5.75 Å². The summed E-state index contributed by atoms with van der Waals surface area (Å²) in [6.45, 7) is 4.56. The molecule has 154 valence electrons. The number of phenolic OH excluding ortho intramolecular Hbond substituents is 1. The number of benzene rings is 3. The molecule has 1 saturated heterocycles.